The van der Waals surface area contributed by atoms with Crippen molar-refractivity contribution in [3.8, 4) is 0 Å². The lowest BCUT2D eigenvalue weighted by atomic mass is 9.91. The van der Waals surface area contributed by atoms with E-state index in [2.05, 4.69) is 41.5 Å². The standard InChI is InChI=1S/C12H24Cl2O/c1-11(2,3)9(13)7-15-8-10(14)12(4,5)6/h9-10H,7-8H2,1-6H3. The average molecular weight is 255 g/mol. The van der Waals surface area contributed by atoms with Crippen LogP contribution in [-0.4, -0.2) is 24.0 Å². The molecule has 0 aliphatic rings. The molecule has 0 rings (SSSR count). The van der Waals surface area contributed by atoms with Crippen LogP contribution in [0.15, 0.2) is 0 Å². The third-order valence-corrected chi connectivity index (χ3v) is 3.97. The van der Waals surface area contributed by atoms with Gasteiger partial charge in [-0.15, -0.1) is 23.2 Å². The molecule has 92 valence electrons. The lowest BCUT2D eigenvalue weighted by molar-refractivity contribution is 0.0938. The minimum absolute atomic E-state index is 0.0290. The highest BCUT2D eigenvalue weighted by atomic mass is 35.5. The molecule has 0 radical (unpaired) electrons. The fraction of sp³-hybridized carbons (Fsp3) is 1.00. The van der Waals surface area contributed by atoms with Crippen molar-refractivity contribution in [3.05, 3.63) is 0 Å². The minimum Gasteiger partial charge on any atom is -0.378 e. The number of halogens is 2. The van der Waals surface area contributed by atoms with Crippen molar-refractivity contribution in [1.82, 2.24) is 0 Å². The van der Waals surface area contributed by atoms with Crippen LogP contribution in [-0.2, 0) is 4.74 Å². The second-order valence-corrected chi connectivity index (χ2v) is 7.26. The highest BCUT2D eigenvalue weighted by Crippen LogP contribution is 2.27. The van der Waals surface area contributed by atoms with E-state index in [-0.39, 0.29) is 21.6 Å². The Morgan fingerprint density at radius 1 is 0.800 bits per heavy atom. The maximum Gasteiger partial charge on any atom is 0.0635 e. The SMILES string of the molecule is CC(C)(C)C(Cl)COCC(Cl)C(C)(C)C. The number of ether oxygens (including phenoxy) is 1. The lowest BCUT2D eigenvalue weighted by Crippen LogP contribution is -2.30. The molecule has 15 heavy (non-hydrogen) atoms. The molecular weight excluding hydrogens is 231 g/mol. The van der Waals surface area contributed by atoms with Crippen LogP contribution in [0.3, 0.4) is 0 Å². The zero-order valence-corrected chi connectivity index (χ0v) is 12.2. The van der Waals surface area contributed by atoms with Gasteiger partial charge < -0.3 is 4.74 Å². The second-order valence-electron chi connectivity index (χ2n) is 6.20. The average Bonchev–Trinajstić information content (AvgIpc) is 2.00. The van der Waals surface area contributed by atoms with Gasteiger partial charge in [-0.2, -0.15) is 0 Å². The Morgan fingerprint density at radius 3 is 1.27 bits per heavy atom. The van der Waals surface area contributed by atoms with Gasteiger partial charge in [-0.25, -0.2) is 0 Å². The summed E-state index contributed by atoms with van der Waals surface area (Å²) in [6, 6.07) is 0. The lowest BCUT2D eigenvalue weighted by Gasteiger charge is -2.28. The van der Waals surface area contributed by atoms with Crippen molar-refractivity contribution in [3.63, 3.8) is 0 Å². The van der Waals surface area contributed by atoms with E-state index >= 15 is 0 Å². The maximum absolute atomic E-state index is 6.19. The van der Waals surface area contributed by atoms with Crippen molar-refractivity contribution >= 4 is 23.2 Å². The highest BCUT2D eigenvalue weighted by molar-refractivity contribution is 6.21. The van der Waals surface area contributed by atoms with E-state index < -0.39 is 0 Å². The molecule has 0 aliphatic carbocycles. The molecule has 2 unspecified atom stereocenters. The van der Waals surface area contributed by atoms with Crippen LogP contribution in [0.2, 0.25) is 0 Å². The summed E-state index contributed by atoms with van der Waals surface area (Å²) >= 11 is 12.4. The molecule has 0 amide bonds. The summed E-state index contributed by atoms with van der Waals surface area (Å²) in [6.45, 7) is 13.8. The van der Waals surface area contributed by atoms with Crippen molar-refractivity contribution in [2.45, 2.75) is 52.3 Å². The Bertz CT molecular complexity index is 159. The fourth-order valence-electron chi connectivity index (χ4n) is 0.775. The smallest absolute Gasteiger partial charge is 0.0635 e. The van der Waals surface area contributed by atoms with Crippen LogP contribution in [0, 0.1) is 10.8 Å². The Morgan fingerprint density at radius 2 is 1.07 bits per heavy atom. The van der Waals surface area contributed by atoms with Crippen molar-refractivity contribution in [1.29, 1.82) is 0 Å². The molecule has 0 aliphatic heterocycles. The fourth-order valence-corrected chi connectivity index (χ4v) is 0.953. The first-order chi connectivity index (χ1) is 6.55. The number of rotatable bonds is 4. The third-order valence-electron chi connectivity index (χ3n) is 2.41. The Labute approximate surface area is 104 Å². The molecular formula is C12H24Cl2O. The zero-order valence-electron chi connectivity index (χ0n) is 10.7. The van der Waals surface area contributed by atoms with Crippen molar-refractivity contribution < 1.29 is 4.74 Å². The van der Waals surface area contributed by atoms with E-state index in [4.69, 9.17) is 27.9 Å². The molecule has 0 bridgehead atoms. The predicted octanol–water partition coefficient (Wildman–Crippen LogP) is 4.31. The largest absolute Gasteiger partial charge is 0.378 e. The quantitative estimate of drug-likeness (QED) is 0.680. The van der Waals surface area contributed by atoms with E-state index in [1.54, 1.807) is 0 Å². The van der Waals surface area contributed by atoms with Gasteiger partial charge in [0.1, 0.15) is 0 Å². The van der Waals surface area contributed by atoms with E-state index in [1.807, 2.05) is 0 Å². The summed E-state index contributed by atoms with van der Waals surface area (Å²) in [4.78, 5) is 0. The van der Waals surface area contributed by atoms with Crippen LogP contribution in [0.1, 0.15) is 41.5 Å². The molecule has 0 heterocycles. The summed E-state index contributed by atoms with van der Waals surface area (Å²) in [5, 5.41) is 0.0580. The molecule has 0 aromatic carbocycles. The predicted molar refractivity (Wildman–Crippen MR) is 69.0 cm³/mol. The molecule has 3 heteroatoms. The van der Waals surface area contributed by atoms with Gasteiger partial charge >= 0.3 is 0 Å². The molecule has 0 aromatic rings. The van der Waals surface area contributed by atoms with Crippen molar-refractivity contribution in [2.75, 3.05) is 13.2 Å². The highest BCUT2D eigenvalue weighted by Gasteiger charge is 2.25. The van der Waals surface area contributed by atoms with Gasteiger partial charge in [-0.05, 0) is 10.8 Å². The van der Waals surface area contributed by atoms with Crippen LogP contribution in [0.25, 0.3) is 0 Å². The van der Waals surface area contributed by atoms with Gasteiger partial charge in [0.05, 0.1) is 24.0 Å². The van der Waals surface area contributed by atoms with E-state index in [0.717, 1.165) is 0 Å². The van der Waals surface area contributed by atoms with Gasteiger partial charge in [0.15, 0.2) is 0 Å². The third kappa shape index (κ3) is 6.65. The topological polar surface area (TPSA) is 9.23 Å². The van der Waals surface area contributed by atoms with Gasteiger partial charge in [-0.1, -0.05) is 41.5 Å². The minimum atomic E-state index is 0.0290. The summed E-state index contributed by atoms with van der Waals surface area (Å²) in [5.41, 5.74) is 0.149. The second kappa shape index (κ2) is 5.75. The molecule has 0 saturated heterocycles. The van der Waals surface area contributed by atoms with E-state index in [0.29, 0.717) is 13.2 Å². The van der Waals surface area contributed by atoms with Crippen LogP contribution in [0.5, 0.6) is 0 Å². The Balaban J connectivity index is 3.81. The van der Waals surface area contributed by atoms with Gasteiger partial charge in [0.2, 0.25) is 0 Å². The Kier molecular flexibility index (Phi) is 5.95. The van der Waals surface area contributed by atoms with E-state index in [9.17, 15) is 0 Å². The first-order valence-electron chi connectivity index (χ1n) is 5.41. The van der Waals surface area contributed by atoms with Crippen LogP contribution >= 0.6 is 23.2 Å². The first-order valence-corrected chi connectivity index (χ1v) is 6.28. The Hall–Kier alpha value is 0.540. The number of hydrogen-bond acceptors (Lipinski definition) is 1. The first kappa shape index (κ1) is 15.5. The normalized spacial score (nSPS) is 17.6. The maximum atomic E-state index is 6.19. The number of alkyl halides is 2. The molecule has 0 N–H and O–H groups in total. The molecule has 2 atom stereocenters. The van der Waals surface area contributed by atoms with Gasteiger partial charge in [0, 0.05) is 0 Å². The summed E-state index contributed by atoms with van der Waals surface area (Å²) in [6.07, 6.45) is 0. The van der Waals surface area contributed by atoms with Crippen LogP contribution in [0.4, 0.5) is 0 Å². The molecule has 0 fully saturated rings. The molecule has 1 nitrogen and oxygen atoms in total. The van der Waals surface area contributed by atoms with Gasteiger partial charge in [0.25, 0.3) is 0 Å². The summed E-state index contributed by atoms with van der Waals surface area (Å²) in [7, 11) is 0. The molecule has 0 spiro atoms. The van der Waals surface area contributed by atoms with Gasteiger partial charge in [-0.3, -0.25) is 0 Å². The van der Waals surface area contributed by atoms with Crippen LogP contribution < -0.4 is 0 Å². The molecule has 0 aromatic heterocycles. The van der Waals surface area contributed by atoms with Crippen molar-refractivity contribution in [2.24, 2.45) is 10.8 Å². The summed E-state index contributed by atoms with van der Waals surface area (Å²) < 4.78 is 5.55. The monoisotopic (exact) mass is 254 g/mol. The zero-order chi connectivity index (χ0) is 12.3. The number of hydrogen-bond donors (Lipinski definition) is 0. The molecule has 0 saturated carbocycles. The summed E-state index contributed by atoms with van der Waals surface area (Å²) in [5.74, 6) is 0. The van der Waals surface area contributed by atoms with E-state index in [1.165, 1.54) is 0 Å².